The maximum absolute atomic E-state index is 12.9. The SMILES string of the molecule is O=C(O)c1ccc(Nc2ccc(F)c(Cl)c2)o1. The molecule has 2 N–H and O–H groups in total. The molecule has 6 heteroatoms. The molecule has 1 aromatic heterocycles. The highest BCUT2D eigenvalue weighted by atomic mass is 35.5. The third-order valence-corrected chi connectivity index (χ3v) is 2.29. The number of nitrogens with one attached hydrogen (secondary N) is 1. The minimum absolute atomic E-state index is 0.0278. The van der Waals surface area contributed by atoms with Crippen molar-refractivity contribution < 1.29 is 18.7 Å². The van der Waals surface area contributed by atoms with Crippen LogP contribution in [0, 0.1) is 5.82 Å². The van der Waals surface area contributed by atoms with Crippen molar-refractivity contribution in [2.24, 2.45) is 0 Å². The number of benzene rings is 1. The number of aromatic carboxylic acids is 1. The topological polar surface area (TPSA) is 62.5 Å². The van der Waals surface area contributed by atoms with Crippen molar-refractivity contribution >= 4 is 29.1 Å². The van der Waals surface area contributed by atoms with Crippen LogP contribution in [-0.2, 0) is 0 Å². The summed E-state index contributed by atoms with van der Waals surface area (Å²) >= 11 is 5.60. The van der Waals surface area contributed by atoms with E-state index in [1.54, 1.807) is 0 Å². The molecule has 0 aliphatic carbocycles. The first-order chi connectivity index (χ1) is 8.06. The van der Waals surface area contributed by atoms with Crippen LogP contribution in [0.4, 0.5) is 16.0 Å². The summed E-state index contributed by atoms with van der Waals surface area (Å²) in [4.78, 5) is 10.6. The number of carboxylic acid groups (broad SMARTS) is 1. The number of hydrogen-bond donors (Lipinski definition) is 2. The molecule has 0 saturated carbocycles. The van der Waals surface area contributed by atoms with E-state index in [0.717, 1.165) is 0 Å². The molecule has 0 fully saturated rings. The zero-order chi connectivity index (χ0) is 12.4. The Labute approximate surface area is 101 Å². The van der Waals surface area contributed by atoms with Crippen LogP contribution < -0.4 is 5.32 Å². The van der Waals surface area contributed by atoms with Crippen molar-refractivity contribution in [3.8, 4) is 0 Å². The average Bonchev–Trinajstić information content (AvgIpc) is 2.72. The lowest BCUT2D eigenvalue weighted by molar-refractivity contribution is 0.0663. The van der Waals surface area contributed by atoms with E-state index in [9.17, 15) is 9.18 Å². The lowest BCUT2D eigenvalue weighted by Crippen LogP contribution is -1.92. The van der Waals surface area contributed by atoms with Crippen LogP contribution in [-0.4, -0.2) is 11.1 Å². The molecule has 0 aliphatic rings. The zero-order valence-electron chi connectivity index (χ0n) is 8.41. The van der Waals surface area contributed by atoms with Crippen LogP contribution in [0.2, 0.25) is 5.02 Å². The predicted molar refractivity (Wildman–Crippen MR) is 60.4 cm³/mol. The van der Waals surface area contributed by atoms with Gasteiger partial charge in [0, 0.05) is 11.8 Å². The first-order valence-corrected chi connectivity index (χ1v) is 4.99. The highest BCUT2D eigenvalue weighted by Gasteiger charge is 2.09. The maximum atomic E-state index is 12.9. The van der Waals surface area contributed by atoms with Gasteiger partial charge in [-0.2, -0.15) is 0 Å². The van der Waals surface area contributed by atoms with Gasteiger partial charge >= 0.3 is 5.97 Å². The first-order valence-electron chi connectivity index (χ1n) is 4.61. The standard InChI is InChI=1S/C11H7ClFNO3/c12-7-5-6(1-2-8(7)13)14-10-4-3-9(17-10)11(15)16/h1-5,14H,(H,15,16). The van der Waals surface area contributed by atoms with Crippen molar-refractivity contribution in [1.82, 2.24) is 0 Å². The van der Waals surface area contributed by atoms with Crippen LogP contribution in [0.25, 0.3) is 0 Å². The summed E-state index contributed by atoms with van der Waals surface area (Å²) in [5, 5.41) is 11.4. The number of halogens is 2. The van der Waals surface area contributed by atoms with Crippen LogP contribution in [0.3, 0.4) is 0 Å². The minimum atomic E-state index is -1.16. The molecule has 2 aromatic rings. The zero-order valence-corrected chi connectivity index (χ0v) is 9.16. The second kappa shape index (κ2) is 4.47. The molecule has 0 aliphatic heterocycles. The van der Waals surface area contributed by atoms with Crippen molar-refractivity contribution in [1.29, 1.82) is 0 Å². The van der Waals surface area contributed by atoms with Crippen molar-refractivity contribution in [2.45, 2.75) is 0 Å². The van der Waals surface area contributed by atoms with Gasteiger partial charge in [0.1, 0.15) is 5.82 Å². The number of carboxylic acids is 1. The summed E-state index contributed by atoms with van der Waals surface area (Å²) in [6, 6.07) is 6.81. The fraction of sp³-hybridized carbons (Fsp3) is 0. The number of furan rings is 1. The monoisotopic (exact) mass is 255 g/mol. The Balaban J connectivity index is 2.19. The molecule has 0 atom stereocenters. The van der Waals surface area contributed by atoms with Crippen LogP contribution >= 0.6 is 11.6 Å². The van der Waals surface area contributed by atoms with Gasteiger partial charge < -0.3 is 14.8 Å². The molecule has 1 aromatic carbocycles. The highest BCUT2D eigenvalue weighted by Crippen LogP contribution is 2.23. The Bertz CT molecular complexity index is 568. The summed E-state index contributed by atoms with van der Waals surface area (Å²) in [7, 11) is 0. The van der Waals surface area contributed by atoms with Gasteiger partial charge in [0.05, 0.1) is 5.02 Å². The van der Waals surface area contributed by atoms with Gasteiger partial charge in [-0.3, -0.25) is 0 Å². The lowest BCUT2D eigenvalue weighted by atomic mass is 10.3. The van der Waals surface area contributed by atoms with Gasteiger partial charge in [0.15, 0.2) is 5.88 Å². The van der Waals surface area contributed by atoms with Gasteiger partial charge in [-0.1, -0.05) is 11.6 Å². The van der Waals surface area contributed by atoms with E-state index < -0.39 is 11.8 Å². The average molecular weight is 256 g/mol. The van der Waals surface area contributed by atoms with Gasteiger partial charge in [0.2, 0.25) is 5.76 Å². The summed E-state index contributed by atoms with van der Waals surface area (Å²) in [6.07, 6.45) is 0. The summed E-state index contributed by atoms with van der Waals surface area (Å²) in [5.74, 6) is -1.62. The highest BCUT2D eigenvalue weighted by molar-refractivity contribution is 6.31. The summed E-state index contributed by atoms with van der Waals surface area (Å²) < 4.78 is 17.9. The third kappa shape index (κ3) is 2.57. The van der Waals surface area contributed by atoms with E-state index in [4.69, 9.17) is 21.1 Å². The van der Waals surface area contributed by atoms with Crippen LogP contribution in [0.1, 0.15) is 10.6 Å². The molecular weight excluding hydrogens is 249 g/mol. The Hall–Kier alpha value is -2.01. The smallest absolute Gasteiger partial charge is 0.371 e. The largest absolute Gasteiger partial charge is 0.475 e. The van der Waals surface area contributed by atoms with Gasteiger partial charge in [-0.25, -0.2) is 9.18 Å². The number of rotatable bonds is 3. The number of anilines is 2. The van der Waals surface area contributed by atoms with E-state index in [2.05, 4.69) is 5.32 Å². The normalized spacial score (nSPS) is 10.2. The molecule has 0 saturated heterocycles. The molecule has 0 radical (unpaired) electrons. The molecule has 0 bridgehead atoms. The summed E-state index contributed by atoms with van der Waals surface area (Å²) in [6.45, 7) is 0. The molecule has 88 valence electrons. The van der Waals surface area contributed by atoms with Crippen molar-refractivity contribution in [3.05, 3.63) is 46.9 Å². The maximum Gasteiger partial charge on any atom is 0.371 e. The van der Waals surface area contributed by atoms with Gasteiger partial charge in [-0.05, 0) is 24.3 Å². The fourth-order valence-corrected chi connectivity index (χ4v) is 1.42. The third-order valence-electron chi connectivity index (χ3n) is 2.00. The first kappa shape index (κ1) is 11.5. The van der Waals surface area contributed by atoms with E-state index in [0.29, 0.717) is 5.69 Å². The molecule has 1 heterocycles. The Kier molecular flexibility index (Phi) is 3.01. The lowest BCUT2D eigenvalue weighted by Gasteiger charge is -2.03. The fourth-order valence-electron chi connectivity index (χ4n) is 1.24. The molecule has 0 unspecified atom stereocenters. The molecule has 4 nitrogen and oxygen atoms in total. The van der Waals surface area contributed by atoms with E-state index in [1.165, 1.54) is 30.3 Å². The molecular formula is C11H7ClFNO3. The predicted octanol–water partition coefficient (Wildman–Crippen LogP) is 3.51. The Morgan fingerprint density at radius 3 is 2.71 bits per heavy atom. The second-order valence-corrected chi connectivity index (χ2v) is 3.63. The van der Waals surface area contributed by atoms with E-state index in [-0.39, 0.29) is 16.7 Å². The molecule has 17 heavy (non-hydrogen) atoms. The van der Waals surface area contributed by atoms with E-state index in [1.807, 2.05) is 0 Å². The Morgan fingerprint density at radius 1 is 1.35 bits per heavy atom. The Morgan fingerprint density at radius 2 is 2.12 bits per heavy atom. The molecule has 0 amide bonds. The minimum Gasteiger partial charge on any atom is -0.475 e. The van der Waals surface area contributed by atoms with Gasteiger partial charge in [-0.15, -0.1) is 0 Å². The second-order valence-electron chi connectivity index (χ2n) is 3.22. The summed E-state index contributed by atoms with van der Waals surface area (Å²) in [5.41, 5.74) is 0.502. The van der Waals surface area contributed by atoms with Crippen molar-refractivity contribution in [3.63, 3.8) is 0 Å². The molecule has 0 spiro atoms. The number of carbonyl (C=O) groups is 1. The van der Waals surface area contributed by atoms with E-state index >= 15 is 0 Å². The van der Waals surface area contributed by atoms with Gasteiger partial charge in [0.25, 0.3) is 0 Å². The molecule has 2 rings (SSSR count). The quantitative estimate of drug-likeness (QED) is 0.881. The van der Waals surface area contributed by atoms with Crippen molar-refractivity contribution in [2.75, 3.05) is 5.32 Å². The van der Waals surface area contributed by atoms with Crippen LogP contribution in [0.5, 0.6) is 0 Å². The van der Waals surface area contributed by atoms with Crippen LogP contribution in [0.15, 0.2) is 34.7 Å². The number of hydrogen-bond acceptors (Lipinski definition) is 3.